The number of hydrogen-bond donors (Lipinski definition) is 1. The third-order valence-corrected chi connectivity index (χ3v) is 5.55. The summed E-state index contributed by atoms with van der Waals surface area (Å²) >= 11 is 0. The second-order valence-electron chi connectivity index (χ2n) is 7.72. The molecule has 10 nitrogen and oxygen atoms in total. The molecule has 0 aliphatic carbocycles. The first kappa shape index (κ1) is 22.0. The second-order valence-corrected chi connectivity index (χ2v) is 7.72. The molecule has 2 aromatic carbocycles. The monoisotopic (exact) mass is 474 g/mol. The van der Waals surface area contributed by atoms with E-state index in [4.69, 9.17) is 18.6 Å². The van der Waals surface area contributed by atoms with Gasteiger partial charge in [0.1, 0.15) is 17.1 Å². The van der Waals surface area contributed by atoms with Gasteiger partial charge in [0.15, 0.2) is 11.5 Å². The van der Waals surface area contributed by atoms with Gasteiger partial charge >= 0.3 is 12.0 Å². The van der Waals surface area contributed by atoms with Crippen LogP contribution in [0.3, 0.4) is 0 Å². The summed E-state index contributed by atoms with van der Waals surface area (Å²) < 4.78 is 21.2. The fourth-order valence-electron chi connectivity index (χ4n) is 3.77. The molecule has 1 saturated heterocycles. The third-order valence-electron chi connectivity index (χ3n) is 5.55. The molecule has 0 spiro atoms. The van der Waals surface area contributed by atoms with Gasteiger partial charge in [-0.15, -0.1) is 0 Å². The number of nitrogens with one attached hydrogen (secondary N) is 1. The number of barbiturate groups is 1. The third kappa shape index (κ3) is 3.90. The summed E-state index contributed by atoms with van der Waals surface area (Å²) in [7, 11) is 1.29. The van der Waals surface area contributed by atoms with Crippen LogP contribution in [0.5, 0.6) is 11.5 Å². The van der Waals surface area contributed by atoms with Crippen LogP contribution >= 0.6 is 0 Å². The molecule has 0 unspecified atom stereocenters. The van der Waals surface area contributed by atoms with Crippen LogP contribution in [-0.4, -0.2) is 37.7 Å². The number of benzene rings is 2. The average Bonchev–Trinajstić information content (AvgIpc) is 3.50. The predicted molar refractivity (Wildman–Crippen MR) is 122 cm³/mol. The highest BCUT2D eigenvalue weighted by atomic mass is 16.7. The number of aryl methyl sites for hydroxylation is 1. The van der Waals surface area contributed by atoms with E-state index in [0.717, 1.165) is 10.5 Å². The average molecular weight is 474 g/mol. The number of urea groups is 1. The lowest BCUT2D eigenvalue weighted by Gasteiger charge is -2.26. The fraction of sp³-hybridized carbons (Fsp3) is 0.120. The molecule has 35 heavy (non-hydrogen) atoms. The summed E-state index contributed by atoms with van der Waals surface area (Å²) in [4.78, 5) is 50.8. The SMILES string of the molecule is COC(=O)c1ccc(C)c(-c2ccc(/C=C3\C(=O)NC(=O)N(c4ccc5c(c4)OCO5)C3=O)o2)c1. The summed E-state index contributed by atoms with van der Waals surface area (Å²) in [6, 6.07) is 12.0. The van der Waals surface area contributed by atoms with Gasteiger partial charge in [0.2, 0.25) is 6.79 Å². The molecule has 0 saturated carbocycles. The van der Waals surface area contributed by atoms with Gasteiger partial charge in [-0.05, 0) is 55.0 Å². The van der Waals surface area contributed by atoms with Crippen molar-refractivity contribution < 1.29 is 37.8 Å². The number of carbonyl (C=O) groups is 4. The van der Waals surface area contributed by atoms with Crippen molar-refractivity contribution >= 4 is 35.6 Å². The molecule has 1 fully saturated rings. The highest BCUT2D eigenvalue weighted by Gasteiger charge is 2.37. The van der Waals surface area contributed by atoms with E-state index in [1.54, 1.807) is 36.4 Å². The van der Waals surface area contributed by atoms with Crippen LogP contribution in [0.15, 0.2) is 58.5 Å². The molecular weight excluding hydrogens is 456 g/mol. The van der Waals surface area contributed by atoms with Crippen LogP contribution in [0.2, 0.25) is 0 Å². The number of rotatable bonds is 4. The summed E-state index contributed by atoms with van der Waals surface area (Å²) in [6.45, 7) is 1.88. The molecule has 0 atom stereocenters. The number of methoxy groups -OCH3 is 1. The molecule has 5 rings (SSSR count). The second kappa shape index (κ2) is 8.49. The van der Waals surface area contributed by atoms with Gasteiger partial charge in [-0.1, -0.05) is 6.07 Å². The Kier molecular flexibility index (Phi) is 5.33. The Hall–Kier alpha value is -4.86. The number of ether oxygens (including phenoxy) is 3. The molecule has 4 amide bonds. The summed E-state index contributed by atoms with van der Waals surface area (Å²) in [6.07, 6.45) is 1.26. The Morgan fingerprint density at radius 2 is 1.83 bits per heavy atom. The number of nitrogens with zero attached hydrogens (tertiary/aromatic N) is 1. The van der Waals surface area contributed by atoms with Crippen molar-refractivity contribution in [1.82, 2.24) is 5.32 Å². The zero-order chi connectivity index (χ0) is 24.7. The van der Waals surface area contributed by atoms with E-state index in [-0.39, 0.29) is 23.8 Å². The van der Waals surface area contributed by atoms with Gasteiger partial charge in [-0.2, -0.15) is 0 Å². The van der Waals surface area contributed by atoms with Crippen LogP contribution in [0.1, 0.15) is 21.7 Å². The zero-order valence-electron chi connectivity index (χ0n) is 18.6. The number of fused-ring (bicyclic) bond motifs is 1. The Labute approximate surface area is 198 Å². The molecule has 2 aliphatic rings. The molecule has 3 aromatic rings. The van der Waals surface area contributed by atoms with E-state index in [0.29, 0.717) is 28.4 Å². The summed E-state index contributed by atoms with van der Waals surface area (Å²) in [5.41, 5.74) is 1.77. The maximum absolute atomic E-state index is 13.1. The molecule has 2 aliphatic heterocycles. The van der Waals surface area contributed by atoms with Gasteiger partial charge in [-0.3, -0.25) is 14.9 Å². The smallest absolute Gasteiger partial charge is 0.337 e. The number of esters is 1. The highest BCUT2D eigenvalue weighted by molar-refractivity contribution is 6.39. The predicted octanol–water partition coefficient (Wildman–Crippen LogP) is 3.44. The maximum atomic E-state index is 13.1. The first-order valence-electron chi connectivity index (χ1n) is 10.5. The van der Waals surface area contributed by atoms with Crippen LogP contribution in [0, 0.1) is 6.92 Å². The zero-order valence-corrected chi connectivity index (χ0v) is 18.6. The van der Waals surface area contributed by atoms with Crippen LogP contribution in [0.4, 0.5) is 10.5 Å². The van der Waals surface area contributed by atoms with E-state index in [1.807, 2.05) is 6.92 Å². The van der Waals surface area contributed by atoms with E-state index < -0.39 is 23.8 Å². The standard InChI is InChI=1S/C25H18N2O8/c1-13-3-4-14(24(30)32-2)9-17(13)19-8-6-16(35-19)11-18-22(28)26-25(31)27(23(18)29)15-5-7-20-21(10-15)34-12-33-20/h3-11H,12H2,1-2H3,(H,26,28,31)/b18-11+. The van der Waals surface area contributed by atoms with Gasteiger partial charge in [-0.25, -0.2) is 14.5 Å². The van der Waals surface area contributed by atoms with Gasteiger partial charge < -0.3 is 18.6 Å². The molecule has 3 heterocycles. The van der Waals surface area contributed by atoms with Crippen molar-refractivity contribution in [3.05, 3.63) is 71.0 Å². The van der Waals surface area contributed by atoms with Crippen LogP contribution < -0.4 is 19.7 Å². The topological polar surface area (TPSA) is 124 Å². The molecular formula is C25H18N2O8. The summed E-state index contributed by atoms with van der Waals surface area (Å²) in [5.74, 6) is -0.657. The van der Waals surface area contributed by atoms with Crippen molar-refractivity contribution in [3.63, 3.8) is 0 Å². The number of furan rings is 1. The molecule has 0 radical (unpaired) electrons. The molecule has 1 aromatic heterocycles. The molecule has 176 valence electrons. The first-order chi connectivity index (χ1) is 16.9. The Morgan fingerprint density at radius 1 is 1.03 bits per heavy atom. The van der Waals surface area contributed by atoms with Crippen molar-refractivity contribution in [2.75, 3.05) is 18.8 Å². The van der Waals surface area contributed by atoms with Crippen molar-refractivity contribution in [1.29, 1.82) is 0 Å². The molecule has 1 N–H and O–H groups in total. The van der Waals surface area contributed by atoms with Crippen LogP contribution in [0.25, 0.3) is 17.4 Å². The van der Waals surface area contributed by atoms with Crippen molar-refractivity contribution in [3.8, 4) is 22.8 Å². The summed E-state index contributed by atoms with van der Waals surface area (Å²) in [5, 5.41) is 2.16. The highest BCUT2D eigenvalue weighted by Crippen LogP contribution is 2.36. The van der Waals surface area contributed by atoms with Gasteiger partial charge in [0, 0.05) is 11.6 Å². The Morgan fingerprint density at radius 3 is 2.63 bits per heavy atom. The normalized spacial score (nSPS) is 16.0. The van der Waals surface area contributed by atoms with E-state index in [2.05, 4.69) is 5.32 Å². The number of imide groups is 2. The van der Waals surface area contributed by atoms with Gasteiger partial charge in [0.05, 0.1) is 18.4 Å². The van der Waals surface area contributed by atoms with Crippen molar-refractivity contribution in [2.24, 2.45) is 0 Å². The van der Waals surface area contributed by atoms with E-state index in [9.17, 15) is 19.2 Å². The van der Waals surface area contributed by atoms with E-state index in [1.165, 1.54) is 25.3 Å². The lowest BCUT2D eigenvalue weighted by Crippen LogP contribution is -2.54. The number of hydrogen-bond acceptors (Lipinski definition) is 8. The number of carbonyl (C=O) groups excluding carboxylic acids is 4. The maximum Gasteiger partial charge on any atom is 0.337 e. The van der Waals surface area contributed by atoms with Gasteiger partial charge in [0.25, 0.3) is 11.8 Å². The first-order valence-corrected chi connectivity index (χ1v) is 10.5. The number of amides is 4. The van der Waals surface area contributed by atoms with Crippen LogP contribution in [-0.2, 0) is 14.3 Å². The minimum absolute atomic E-state index is 0.0331. The minimum Gasteiger partial charge on any atom is -0.465 e. The Balaban J connectivity index is 1.47. The minimum atomic E-state index is -0.883. The largest absolute Gasteiger partial charge is 0.465 e. The Bertz CT molecular complexity index is 1430. The lowest BCUT2D eigenvalue weighted by atomic mass is 10.0. The number of anilines is 1. The quantitative estimate of drug-likeness (QED) is 0.346. The van der Waals surface area contributed by atoms with E-state index >= 15 is 0 Å². The van der Waals surface area contributed by atoms with Crippen molar-refractivity contribution in [2.45, 2.75) is 6.92 Å². The fourth-order valence-corrected chi connectivity index (χ4v) is 3.77. The lowest BCUT2D eigenvalue weighted by molar-refractivity contribution is -0.122. The molecule has 0 bridgehead atoms. The molecule has 10 heteroatoms.